The Bertz CT molecular complexity index is 126. The van der Waals surface area contributed by atoms with Gasteiger partial charge >= 0.3 is 0 Å². The number of aliphatic hydroxyl groups excluding tert-OH is 1. The molecular formula is C9H19NO2. The summed E-state index contributed by atoms with van der Waals surface area (Å²) in [6.45, 7) is 4.13. The monoisotopic (exact) mass is 173 g/mol. The summed E-state index contributed by atoms with van der Waals surface area (Å²) >= 11 is 0. The smallest absolute Gasteiger partial charge is 0.220 e. The van der Waals surface area contributed by atoms with Gasteiger partial charge in [0.15, 0.2) is 0 Å². The number of hydrogen-bond donors (Lipinski definition) is 2. The molecule has 3 heteroatoms. The van der Waals surface area contributed by atoms with Crippen LogP contribution in [0.2, 0.25) is 0 Å². The molecule has 0 rings (SSSR count). The number of carbonyl (C=O) groups is 1. The number of rotatable bonds is 6. The van der Waals surface area contributed by atoms with E-state index >= 15 is 0 Å². The normalized spacial score (nSPS) is 12.6. The van der Waals surface area contributed by atoms with E-state index in [4.69, 9.17) is 5.11 Å². The average molecular weight is 173 g/mol. The average Bonchev–Trinajstić information content (AvgIpc) is 2.04. The first-order valence-corrected chi connectivity index (χ1v) is 4.64. The SMILES string of the molecule is CCCC(=O)NC(CC)CCO. The Morgan fingerprint density at radius 2 is 2.17 bits per heavy atom. The molecule has 0 heterocycles. The Balaban J connectivity index is 3.61. The van der Waals surface area contributed by atoms with Crippen molar-refractivity contribution in [1.29, 1.82) is 0 Å². The lowest BCUT2D eigenvalue weighted by atomic mass is 10.1. The first-order valence-electron chi connectivity index (χ1n) is 4.64. The highest BCUT2D eigenvalue weighted by molar-refractivity contribution is 5.76. The van der Waals surface area contributed by atoms with Gasteiger partial charge < -0.3 is 10.4 Å². The first kappa shape index (κ1) is 11.4. The first-order chi connectivity index (χ1) is 5.74. The van der Waals surface area contributed by atoms with Crippen LogP contribution in [0.4, 0.5) is 0 Å². The summed E-state index contributed by atoms with van der Waals surface area (Å²) in [7, 11) is 0. The van der Waals surface area contributed by atoms with Gasteiger partial charge in [0.2, 0.25) is 5.91 Å². The Kier molecular flexibility index (Phi) is 6.76. The lowest BCUT2D eigenvalue weighted by Gasteiger charge is -2.14. The maximum absolute atomic E-state index is 11.1. The summed E-state index contributed by atoms with van der Waals surface area (Å²) in [6.07, 6.45) is 3.01. The molecule has 0 aliphatic heterocycles. The van der Waals surface area contributed by atoms with Gasteiger partial charge in [-0.15, -0.1) is 0 Å². The van der Waals surface area contributed by atoms with Crippen molar-refractivity contribution in [3.05, 3.63) is 0 Å². The van der Waals surface area contributed by atoms with Crippen molar-refractivity contribution in [3.63, 3.8) is 0 Å². The van der Waals surface area contributed by atoms with Crippen molar-refractivity contribution in [2.24, 2.45) is 0 Å². The van der Waals surface area contributed by atoms with E-state index in [1.807, 2.05) is 13.8 Å². The second-order valence-corrected chi connectivity index (χ2v) is 2.93. The number of nitrogens with one attached hydrogen (secondary N) is 1. The molecule has 3 nitrogen and oxygen atoms in total. The summed E-state index contributed by atoms with van der Waals surface area (Å²) in [5.41, 5.74) is 0. The Morgan fingerprint density at radius 1 is 1.50 bits per heavy atom. The molecular weight excluding hydrogens is 154 g/mol. The summed E-state index contributed by atoms with van der Waals surface area (Å²) in [4.78, 5) is 11.1. The molecule has 1 unspecified atom stereocenters. The molecule has 1 atom stereocenters. The van der Waals surface area contributed by atoms with E-state index in [2.05, 4.69) is 5.32 Å². The maximum Gasteiger partial charge on any atom is 0.220 e. The summed E-state index contributed by atoms with van der Waals surface area (Å²) < 4.78 is 0. The summed E-state index contributed by atoms with van der Waals surface area (Å²) in [6, 6.07) is 0.147. The van der Waals surface area contributed by atoms with Crippen molar-refractivity contribution >= 4 is 5.91 Å². The zero-order chi connectivity index (χ0) is 9.40. The third-order valence-corrected chi connectivity index (χ3v) is 1.81. The number of carbonyl (C=O) groups excluding carboxylic acids is 1. The van der Waals surface area contributed by atoms with E-state index in [0.29, 0.717) is 12.8 Å². The van der Waals surface area contributed by atoms with Crippen LogP contribution >= 0.6 is 0 Å². The van der Waals surface area contributed by atoms with E-state index in [9.17, 15) is 4.79 Å². The maximum atomic E-state index is 11.1. The third kappa shape index (κ3) is 5.13. The van der Waals surface area contributed by atoms with E-state index in [0.717, 1.165) is 12.8 Å². The van der Waals surface area contributed by atoms with Crippen LogP contribution in [0.5, 0.6) is 0 Å². The van der Waals surface area contributed by atoms with Crippen molar-refractivity contribution < 1.29 is 9.90 Å². The fourth-order valence-corrected chi connectivity index (χ4v) is 1.06. The van der Waals surface area contributed by atoms with Gasteiger partial charge in [-0.1, -0.05) is 13.8 Å². The molecule has 0 aromatic carbocycles. The van der Waals surface area contributed by atoms with E-state index in [1.54, 1.807) is 0 Å². The van der Waals surface area contributed by atoms with Crippen LogP contribution in [-0.4, -0.2) is 23.7 Å². The van der Waals surface area contributed by atoms with Gasteiger partial charge in [0.25, 0.3) is 0 Å². The zero-order valence-electron chi connectivity index (χ0n) is 7.97. The molecule has 0 aliphatic rings. The Labute approximate surface area is 74.2 Å². The molecule has 2 N–H and O–H groups in total. The molecule has 0 spiro atoms. The van der Waals surface area contributed by atoms with Gasteiger partial charge in [0.05, 0.1) is 0 Å². The highest BCUT2D eigenvalue weighted by Crippen LogP contribution is 1.97. The van der Waals surface area contributed by atoms with Crippen molar-refractivity contribution in [1.82, 2.24) is 5.32 Å². The highest BCUT2D eigenvalue weighted by atomic mass is 16.3. The predicted molar refractivity (Wildman–Crippen MR) is 48.8 cm³/mol. The van der Waals surface area contributed by atoms with Gasteiger partial charge in [-0.3, -0.25) is 4.79 Å². The van der Waals surface area contributed by atoms with E-state index in [-0.39, 0.29) is 18.6 Å². The summed E-state index contributed by atoms with van der Waals surface area (Å²) in [5.74, 6) is 0.0952. The molecule has 0 saturated carbocycles. The Hall–Kier alpha value is -0.570. The fraction of sp³-hybridized carbons (Fsp3) is 0.889. The van der Waals surface area contributed by atoms with Crippen LogP contribution in [0.3, 0.4) is 0 Å². The highest BCUT2D eigenvalue weighted by Gasteiger charge is 2.07. The molecule has 0 fully saturated rings. The second kappa shape index (κ2) is 7.10. The van der Waals surface area contributed by atoms with Crippen LogP contribution in [0.15, 0.2) is 0 Å². The van der Waals surface area contributed by atoms with Gasteiger partial charge in [-0.2, -0.15) is 0 Å². The minimum Gasteiger partial charge on any atom is -0.396 e. The van der Waals surface area contributed by atoms with Gasteiger partial charge in [-0.25, -0.2) is 0 Å². The molecule has 0 saturated heterocycles. The molecule has 1 amide bonds. The molecule has 0 aliphatic carbocycles. The predicted octanol–water partition coefficient (Wildman–Crippen LogP) is 1.06. The second-order valence-electron chi connectivity index (χ2n) is 2.93. The van der Waals surface area contributed by atoms with Gasteiger partial charge in [-0.05, 0) is 19.3 Å². The molecule has 72 valence electrons. The quantitative estimate of drug-likeness (QED) is 0.631. The number of amides is 1. The topological polar surface area (TPSA) is 49.3 Å². The van der Waals surface area contributed by atoms with Gasteiger partial charge in [0.1, 0.15) is 0 Å². The Morgan fingerprint density at radius 3 is 2.58 bits per heavy atom. The van der Waals surface area contributed by atoms with Crippen LogP contribution < -0.4 is 5.32 Å². The largest absolute Gasteiger partial charge is 0.396 e. The van der Waals surface area contributed by atoms with Crippen molar-refractivity contribution in [2.75, 3.05) is 6.61 Å². The minimum absolute atomic E-state index is 0.0952. The van der Waals surface area contributed by atoms with Crippen molar-refractivity contribution in [2.45, 2.75) is 45.6 Å². The standard InChI is InChI=1S/C9H19NO2/c1-3-5-9(12)10-8(4-2)6-7-11/h8,11H,3-7H2,1-2H3,(H,10,12). The summed E-state index contributed by atoms with van der Waals surface area (Å²) in [5, 5.41) is 11.5. The number of hydrogen-bond acceptors (Lipinski definition) is 2. The van der Waals surface area contributed by atoms with Crippen molar-refractivity contribution in [3.8, 4) is 0 Å². The molecule has 0 radical (unpaired) electrons. The third-order valence-electron chi connectivity index (χ3n) is 1.81. The van der Waals surface area contributed by atoms with Gasteiger partial charge in [0, 0.05) is 19.1 Å². The number of aliphatic hydroxyl groups is 1. The molecule has 0 aromatic rings. The van der Waals surface area contributed by atoms with Crippen LogP contribution in [0, 0.1) is 0 Å². The van der Waals surface area contributed by atoms with E-state index < -0.39 is 0 Å². The molecule has 0 bridgehead atoms. The van der Waals surface area contributed by atoms with Crippen LogP contribution in [0.1, 0.15) is 39.5 Å². The van der Waals surface area contributed by atoms with E-state index in [1.165, 1.54) is 0 Å². The lowest BCUT2D eigenvalue weighted by molar-refractivity contribution is -0.121. The fourth-order valence-electron chi connectivity index (χ4n) is 1.06. The minimum atomic E-state index is 0.0952. The zero-order valence-corrected chi connectivity index (χ0v) is 7.97. The molecule has 0 aromatic heterocycles. The lowest BCUT2D eigenvalue weighted by Crippen LogP contribution is -2.34. The van der Waals surface area contributed by atoms with Crippen LogP contribution in [-0.2, 0) is 4.79 Å². The molecule has 12 heavy (non-hydrogen) atoms. The van der Waals surface area contributed by atoms with Crippen LogP contribution in [0.25, 0.3) is 0 Å².